The molecule has 6 heteroatoms. The van der Waals surface area contributed by atoms with E-state index in [-0.39, 0.29) is 0 Å². The van der Waals surface area contributed by atoms with Crippen molar-refractivity contribution in [3.05, 3.63) is 23.8 Å². The fourth-order valence-corrected chi connectivity index (χ4v) is 3.20. The molecule has 1 aromatic carbocycles. The highest BCUT2D eigenvalue weighted by atomic mass is 16.5. The molecule has 0 atom stereocenters. The first-order valence-corrected chi connectivity index (χ1v) is 9.54. The van der Waals surface area contributed by atoms with Crippen molar-refractivity contribution < 1.29 is 14.2 Å². The molecule has 6 nitrogen and oxygen atoms in total. The van der Waals surface area contributed by atoms with Gasteiger partial charge in [-0.05, 0) is 25.0 Å². The standard InChI is InChI=1S/C20H33N3O3/c1-21-20(22-12-13-26-17-8-6-4-5-7-9-17)23-15-16-10-11-18(24-2)14-19(16)25-3/h10-11,14,17H,4-9,12-13,15H2,1-3H3,(H2,21,22,23). The number of hydrogen-bond acceptors (Lipinski definition) is 4. The highest BCUT2D eigenvalue weighted by Gasteiger charge is 2.12. The van der Waals surface area contributed by atoms with Crippen LogP contribution in [-0.4, -0.2) is 46.5 Å². The van der Waals surface area contributed by atoms with Gasteiger partial charge in [0.05, 0.1) is 26.9 Å². The Morgan fingerprint density at radius 1 is 1.08 bits per heavy atom. The first-order chi connectivity index (χ1) is 12.8. The van der Waals surface area contributed by atoms with E-state index in [0.29, 0.717) is 19.3 Å². The van der Waals surface area contributed by atoms with E-state index in [1.807, 2.05) is 18.2 Å². The summed E-state index contributed by atoms with van der Waals surface area (Å²) in [6.45, 7) is 2.07. The highest BCUT2D eigenvalue weighted by molar-refractivity contribution is 5.79. The van der Waals surface area contributed by atoms with Crippen molar-refractivity contribution in [2.75, 3.05) is 34.4 Å². The lowest BCUT2D eigenvalue weighted by Gasteiger charge is -2.17. The third-order valence-corrected chi connectivity index (χ3v) is 4.71. The number of hydrogen-bond donors (Lipinski definition) is 2. The second-order valence-corrected chi connectivity index (χ2v) is 6.51. The fraction of sp³-hybridized carbons (Fsp3) is 0.650. The Balaban J connectivity index is 1.72. The van der Waals surface area contributed by atoms with E-state index in [1.165, 1.54) is 38.5 Å². The van der Waals surface area contributed by atoms with Gasteiger partial charge in [0.2, 0.25) is 0 Å². The van der Waals surface area contributed by atoms with Gasteiger partial charge in [-0.1, -0.05) is 25.7 Å². The summed E-state index contributed by atoms with van der Waals surface area (Å²) in [6.07, 6.45) is 8.12. The van der Waals surface area contributed by atoms with Crippen LogP contribution in [-0.2, 0) is 11.3 Å². The van der Waals surface area contributed by atoms with E-state index in [4.69, 9.17) is 14.2 Å². The Morgan fingerprint density at radius 3 is 2.50 bits per heavy atom. The van der Waals surface area contributed by atoms with Crippen molar-refractivity contribution in [1.82, 2.24) is 10.6 Å². The summed E-state index contributed by atoms with van der Waals surface area (Å²) in [5.41, 5.74) is 1.05. The molecule has 0 aromatic heterocycles. The van der Waals surface area contributed by atoms with Crippen LogP contribution in [0.2, 0.25) is 0 Å². The highest BCUT2D eigenvalue weighted by Crippen LogP contribution is 2.24. The van der Waals surface area contributed by atoms with Crippen molar-refractivity contribution >= 4 is 5.96 Å². The smallest absolute Gasteiger partial charge is 0.191 e. The minimum Gasteiger partial charge on any atom is -0.497 e. The summed E-state index contributed by atoms with van der Waals surface area (Å²) in [4.78, 5) is 4.27. The number of methoxy groups -OCH3 is 2. The summed E-state index contributed by atoms with van der Waals surface area (Å²) >= 11 is 0. The molecule has 1 aliphatic rings. The fourth-order valence-electron chi connectivity index (χ4n) is 3.20. The maximum absolute atomic E-state index is 6.00. The first kappa shape index (κ1) is 20.4. The second-order valence-electron chi connectivity index (χ2n) is 6.51. The van der Waals surface area contributed by atoms with Gasteiger partial charge in [-0.25, -0.2) is 0 Å². The molecular formula is C20H33N3O3. The predicted octanol–water partition coefficient (Wildman–Crippen LogP) is 3.11. The molecule has 1 fully saturated rings. The topological polar surface area (TPSA) is 64.1 Å². The van der Waals surface area contributed by atoms with Gasteiger partial charge in [0.1, 0.15) is 11.5 Å². The van der Waals surface area contributed by atoms with E-state index >= 15 is 0 Å². The van der Waals surface area contributed by atoms with Gasteiger partial charge < -0.3 is 24.8 Å². The number of nitrogens with one attached hydrogen (secondary N) is 2. The molecule has 26 heavy (non-hydrogen) atoms. The van der Waals surface area contributed by atoms with Gasteiger partial charge in [0.15, 0.2) is 5.96 Å². The van der Waals surface area contributed by atoms with Gasteiger partial charge in [-0.15, -0.1) is 0 Å². The van der Waals surface area contributed by atoms with Gasteiger partial charge in [0.25, 0.3) is 0 Å². The maximum Gasteiger partial charge on any atom is 0.191 e. The Bertz CT molecular complexity index is 555. The molecule has 2 rings (SSSR count). The minimum absolute atomic E-state index is 0.429. The molecule has 0 aliphatic heterocycles. The Kier molecular flexibility index (Phi) is 9.10. The van der Waals surface area contributed by atoms with E-state index in [1.54, 1.807) is 21.3 Å². The van der Waals surface area contributed by atoms with Crippen LogP contribution in [0.15, 0.2) is 23.2 Å². The third kappa shape index (κ3) is 6.75. The molecule has 0 amide bonds. The lowest BCUT2D eigenvalue weighted by molar-refractivity contribution is 0.0468. The van der Waals surface area contributed by atoms with Crippen molar-refractivity contribution in [3.8, 4) is 11.5 Å². The van der Waals surface area contributed by atoms with Crippen LogP contribution in [0.1, 0.15) is 44.1 Å². The summed E-state index contributed by atoms with van der Waals surface area (Å²) < 4.78 is 16.7. The summed E-state index contributed by atoms with van der Waals surface area (Å²) in [5.74, 6) is 2.33. The van der Waals surface area contributed by atoms with Crippen LogP contribution < -0.4 is 20.1 Å². The van der Waals surface area contributed by atoms with E-state index in [2.05, 4.69) is 15.6 Å². The monoisotopic (exact) mass is 363 g/mol. The molecule has 0 spiro atoms. The van der Waals surface area contributed by atoms with Crippen LogP contribution in [0.3, 0.4) is 0 Å². The molecule has 2 N–H and O–H groups in total. The van der Waals surface area contributed by atoms with E-state index in [0.717, 1.165) is 29.6 Å². The third-order valence-electron chi connectivity index (χ3n) is 4.71. The summed E-state index contributed by atoms with van der Waals surface area (Å²) in [5, 5.41) is 6.61. The predicted molar refractivity (Wildman–Crippen MR) is 105 cm³/mol. The lowest BCUT2D eigenvalue weighted by Crippen LogP contribution is -2.39. The number of aliphatic imine (C=N–C) groups is 1. The first-order valence-electron chi connectivity index (χ1n) is 9.54. The Hall–Kier alpha value is -1.95. The average molecular weight is 364 g/mol. The Labute approximate surface area is 157 Å². The van der Waals surface area contributed by atoms with Gasteiger partial charge in [-0.3, -0.25) is 4.99 Å². The molecule has 0 saturated heterocycles. The van der Waals surface area contributed by atoms with Crippen LogP contribution in [0, 0.1) is 0 Å². The molecule has 0 unspecified atom stereocenters. The molecule has 1 aliphatic carbocycles. The van der Waals surface area contributed by atoms with Crippen molar-refractivity contribution in [2.24, 2.45) is 4.99 Å². The molecular weight excluding hydrogens is 330 g/mol. The maximum atomic E-state index is 6.00. The van der Waals surface area contributed by atoms with Crippen LogP contribution in [0.4, 0.5) is 0 Å². The average Bonchev–Trinajstić information content (AvgIpc) is 2.96. The number of nitrogens with zero attached hydrogens (tertiary/aromatic N) is 1. The summed E-state index contributed by atoms with van der Waals surface area (Å²) in [7, 11) is 5.08. The van der Waals surface area contributed by atoms with Crippen molar-refractivity contribution in [1.29, 1.82) is 0 Å². The number of ether oxygens (including phenoxy) is 3. The number of guanidine groups is 1. The molecule has 0 heterocycles. The number of rotatable bonds is 8. The van der Waals surface area contributed by atoms with Crippen molar-refractivity contribution in [3.63, 3.8) is 0 Å². The van der Waals surface area contributed by atoms with Crippen LogP contribution in [0.5, 0.6) is 11.5 Å². The molecule has 0 radical (unpaired) electrons. The Morgan fingerprint density at radius 2 is 1.85 bits per heavy atom. The van der Waals surface area contributed by atoms with E-state index in [9.17, 15) is 0 Å². The van der Waals surface area contributed by atoms with Gasteiger partial charge in [0, 0.05) is 31.8 Å². The second kappa shape index (κ2) is 11.6. The zero-order chi connectivity index (χ0) is 18.6. The zero-order valence-corrected chi connectivity index (χ0v) is 16.3. The largest absolute Gasteiger partial charge is 0.497 e. The quantitative estimate of drug-likeness (QED) is 0.322. The number of benzene rings is 1. The minimum atomic E-state index is 0.429. The van der Waals surface area contributed by atoms with Gasteiger partial charge in [-0.2, -0.15) is 0 Å². The van der Waals surface area contributed by atoms with Gasteiger partial charge >= 0.3 is 0 Å². The summed E-state index contributed by atoms with van der Waals surface area (Å²) in [6, 6.07) is 5.80. The SMILES string of the molecule is CN=C(NCCOC1CCCCCC1)NCc1ccc(OC)cc1OC. The molecule has 1 aromatic rings. The molecule has 1 saturated carbocycles. The van der Waals surface area contributed by atoms with E-state index < -0.39 is 0 Å². The molecule has 0 bridgehead atoms. The molecule has 146 valence electrons. The zero-order valence-electron chi connectivity index (χ0n) is 16.3. The lowest BCUT2D eigenvalue weighted by atomic mass is 10.1. The van der Waals surface area contributed by atoms with Crippen LogP contribution >= 0.6 is 0 Å². The van der Waals surface area contributed by atoms with Crippen molar-refractivity contribution in [2.45, 2.75) is 51.2 Å². The van der Waals surface area contributed by atoms with Crippen LogP contribution in [0.25, 0.3) is 0 Å². The normalized spacial score (nSPS) is 16.0.